The fourth-order valence-electron chi connectivity index (χ4n) is 2.11. The smallest absolute Gasteiger partial charge is 0.332 e. The van der Waals surface area contributed by atoms with Crippen LogP contribution >= 0.6 is 0 Å². The third-order valence-electron chi connectivity index (χ3n) is 3.08. The largest absolute Gasteiger partial charge is 0.464 e. The summed E-state index contributed by atoms with van der Waals surface area (Å²) in [5.41, 5.74) is 5.52. The minimum absolute atomic E-state index is 0.0124. The van der Waals surface area contributed by atoms with Gasteiger partial charge in [-0.2, -0.15) is 0 Å². The Kier molecular flexibility index (Phi) is 5.90. The van der Waals surface area contributed by atoms with Crippen molar-refractivity contribution in [1.29, 1.82) is 0 Å². The van der Waals surface area contributed by atoms with Crippen molar-refractivity contribution in [1.82, 2.24) is 4.90 Å². The summed E-state index contributed by atoms with van der Waals surface area (Å²) in [6.45, 7) is 1.28. The lowest BCUT2D eigenvalue weighted by Crippen LogP contribution is -2.53. The third kappa shape index (κ3) is 4.15. The van der Waals surface area contributed by atoms with Crippen LogP contribution < -0.4 is 5.73 Å². The Labute approximate surface area is 117 Å². The molecule has 1 aliphatic rings. The van der Waals surface area contributed by atoms with Crippen LogP contribution in [0.15, 0.2) is 0 Å². The van der Waals surface area contributed by atoms with E-state index < -0.39 is 33.8 Å². The minimum Gasteiger partial charge on any atom is -0.464 e. The second kappa shape index (κ2) is 7.00. The number of esters is 1. The maximum absolute atomic E-state index is 12.1. The van der Waals surface area contributed by atoms with Gasteiger partial charge in [0.05, 0.1) is 24.7 Å². The molecule has 0 aromatic heterocycles. The first-order valence-electron chi connectivity index (χ1n) is 6.36. The van der Waals surface area contributed by atoms with Crippen LogP contribution in [0.25, 0.3) is 0 Å². The number of amides is 1. The second-order valence-electron chi connectivity index (χ2n) is 4.54. The van der Waals surface area contributed by atoms with Gasteiger partial charge in [-0.05, 0) is 13.3 Å². The van der Waals surface area contributed by atoms with Crippen LogP contribution in [0.2, 0.25) is 0 Å². The van der Waals surface area contributed by atoms with Gasteiger partial charge in [-0.25, -0.2) is 13.2 Å². The highest BCUT2D eigenvalue weighted by atomic mass is 32.2. The number of hydrogen-bond acceptors (Lipinski definition) is 7. The van der Waals surface area contributed by atoms with Crippen LogP contribution in [0.3, 0.4) is 0 Å². The highest BCUT2D eigenvalue weighted by molar-refractivity contribution is 7.91. The summed E-state index contributed by atoms with van der Waals surface area (Å²) >= 11 is 0. The minimum atomic E-state index is -3.18. The van der Waals surface area contributed by atoms with Gasteiger partial charge < -0.3 is 20.5 Å². The Hall–Kier alpha value is -1.19. The average molecular weight is 308 g/mol. The maximum atomic E-state index is 12.1. The predicted molar refractivity (Wildman–Crippen MR) is 70.5 cm³/mol. The number of rotatable bonds is 6. The van der Waals surface area contributed by atoms with Gasteiger partial charge in [-0.15, -0.1) is 0 Å². The van der Waals surface area contributed by atoms with Crippen molar-refractivity contribution < 1.29 is 27.9 Å². The molecule has 1 aliphatic heterocycles. The van der Waals surface area contributed by atoms with Gasteiger partial charge in [0.15, 0.2) is 15.9 Å². The molecular formula is C11H20N2O6S. The van der Waals surface area contributed by atoms with Crippen molar-refractivity contribution in [2.75, 3.05) is 31.3 Å². The van der Waals surface area contributed by atoms with Crippen molar-refractivity contribution in [3.05, 3.63) is 0 Å². The van der Waals surface area contributed by atoms with Crippen LogP contribution in [0.1, 0.15) is 13.3 Å². The summed E-state index contributed by atoms with van der Waals surface area (Å²) in [6.07, 6.45) is 0.281. The lowest BCUT2D eigenvalue weighted by molar-refractivity contribution is -0.151. The lowest BCUT2D eigenvalue weighted by Gasteiger charge is -2.29. The van der Waals surface area contributed by atoms with Crippen molar-refractivity contribution >= 4 is 21.7 Å². The molecule has 1 saturated heterocycles. The van der Waals surface area contributed by atoms with E-state index in [4.69, 9.17) is 10.8 Å². The average Bonchev–Trinajstić information content (AvgIpc) is 2.74. The fraction of sp³-hybridized carbons (Fsp3) is 0.818. The van der Waals surface area contributed by atoms with E-state index in [1.807, 2.05) is 0 Å². The molecule has 1 heterocycles. The first-order chi connectivity index (χ1) is 9.32. The number of sulfone groups is 1. The third-order valence-corrected chi connectivity index (χ3v) is 4.83. The van der Waals surface area contributed by atoms with E-state index >= 15 is 0 Å². The zero-order valence-electron chi connectivity index (χ0n) is 11.3. The Morgan fingerprint density at radius 2 is 2.15 bits per heavy atom. The molecule has 1 rings (SSSR count). The zero-order valence-corrected chi connectivity index (χ0v) is 12.1. The zero-order chi connectivity index (χ0) is 15.3. The van der Waals surface area contributed by atoms with Crippen LogP contribution in [0.5, 0.6) is 0 Å². The molecule has 0 aromatic rings. The number of nitrogens with two attached hydrogens (primary N) is 1. The van der Waals surface area contributed by atoms with E-state index in [1.165, 1.54) is 0 Å². The summed E-state index contributed by atoms with van der Waals surface area (Å²) in [5, 5.41) is 9.00. The number of aliphatic hydroxyl groups excluding tert-OH is 1. The SMILES string of the molecule is CCOC(=O)C(N)C(=O)N(CCO)C1CCS(=O)(=O)C1. The van der Waals surface area contributed by atoms with E-state index in [-0.39, 0.29) is 37.7 Å². The topological polar surface area (TPSA) is 127 Å². The van der Waals surface area contributed by atoms with E-state index in [9.17, 15) is 18.0 Å². The van der Waals surface area contributed by atoms with Crippen molar-refractivity contribution in [3.63, 3.8) is 0 Å². The maximum Gasteiger partial charge on any atom is 0.332 e. The summed E-state index contributed by atoms with van der Waals surface area (Å²) in [4.78, 5) is 24.8. The summed E-state index contributed by atoms with van der Waals surface area (Å²) in [7, 11) is -3.18. The highest BCUT2D eigenvalue weighted by Crippen LogP contribution is 2.18. The monoisotopic (exact) mass is 308 g/mol. The fourth-order valence-corrected chi connectivity index (χ4v) is 3.84. The standard InChI is InChI=1S/C11H20N2O6S/c1-2-19-11(16)9(12)10(15)13(4-5-14)8-3-6-20(17,18)7-8/h8-9,14H,2-7,12H2,1H3. The van der Waals surface area contributed by atoms with Gasteiger partial charge >= 0.3 is 5.97 Å². The van der Waals surface area contributed by atoms with Crippen LogP contribution in [0.4, 0.5) is 0 Å². The molecule has 0 aromatic carbocycles. The number of hydrogen-bond donors (Lipinski definition) is 2. The van der Waals surface area contributed by atoms with Gasteiger partial charge in [0.2, 0.25) is 0 Å². The second-order valence-corrected chi connectivity index (χ2v) is 6.77. The summed E-state index contributed by atoms with van der Waals surface area (Å²) in [5.74, 6) is -1.77. The molecule has 8 nitrogen and oxygen atoms in total. The summed E-state index contributed by atoms with van der Waals surface area (Å²) < 4.78 is 27.6. The predicted octanol–water partition coefficient (Wildman–Crippen LogP) is -2.12. The first kappa shape index (κ1) is 16.9. The van der Waals surface area contributed by atoms with E-state index in [0.29, 0.717) is 0 Å². The molecular weight excluding hydrogens is 288 g/mol. The number of ether oxygens (including phenoxy) is 1. The highest BCUT2D eigenvalue weighted by Gasteiger charge is 2.37. The van der Waals surface area contributed by atoms with Gasteiger partial charge in [0, 0.05) is 12.6 Å². The van der Waals surface area contributed by atoms with Gasteiger partial charge in [-0.1, -0.05) is 0 Å². The van der Waals surface area contributed by atoms with Gasteiger partial charge in [0.25, 0.3) is 5.91 Å². The molecule has 9 heteroatoms. The Bertz CT molecular complexity index is 464. The van der Waals surface area contributed by atoms with Crippen molar-refractivity contribution in [2.45, 2.75) is 25.4 Å². The molecule has 3 N–H and O–H groups in total. The number of carbonyl (C=O) groups is 2. The van der Waals surface area contributed by atoms with Crippen molar-refractivity contribution in [2.24, 2.45) is 5.73 Å². The molecule has 2 atom stereocenters. The molecule has 1 fully saturated rings. The molecule has 0 spiro atoms. The Morgan fingerprint density at radius 3 is 2.60 bits per heavy atom. The number of aliphatic hydroxyl groups is 1. The van der Waals surface area contributed by atoms with Crippen LogP contribution in [0, 0.1) is 0 Å². The molecule has 2 unspecified atom stereocenters. The van der Waals surface area contributed by atoms with E-state index in [0.717, 1.165) is 4.90 Å². The van der Waals surface area contributed by atoms with E-state index in [1.54, 1.807) is 6.92 Å². The molecule has 1 amide bonds. The molecule has 0 radical (unpaired) electrons. The van der Waals surface area contributed by atoms with Gasteiger partial charge in [0.1, 0.15) is 0 Å². The molecule has 116 valence electrons. The quantitative estimate of drug-likeness (QED) is 0.424. The normalized spacial score (nSPS) is 22.2. The number of nitrogens with zero attached hydrogens (tertiary/aromatic N) is 1. The van der Waals surface area contributed by atoms with E-state index in [2.05, 4.69) is 4.74 Å². The van der Waals surface area contributed by atoms with Crippen LogP contribution in [-0.2, 0) is 24.2 Å². The Balaban J connectivity index is 2.80. The molecule has 0 bridgehead atoms. The molecule has 0 saturated carbocycles. The lowest BCUT2D eigenvalue weighted by atomic mass is 10.1. The Morgan fingerprint density at radius 1 is 1.50 bits per heavy atom. The van der Waals surface area contributed by atoms with Crippen molar-refractivity contribution in [3.8, 4) is 0 Å². The van der Waals surface area contributed by atoms with Crippen LogP contribution in [-0.4, -0.2) is 73.6 Å². The number of carbonyl (C=O) groups excluding carboxylic acids is 2. The molecule has 0 aliphatic carbocycles. The molecule has 20 heavy (non-hydrogen) atoms. The first-order valence-corrected chi connectivity index (χ1v) is 8.18. The summed E-state index contributed by atoms with van der Waals surface area (Å²) in [6, 6.07) is -2.05. The van der Waals surface area contributed by atoms with Gasteiger partial charge in [-0.3, -0.25) is 4.79 Å².